The second-order valence-electron chi connectivity index (χ2n) is 2.32. The van der Waals surface area contributed by atoms with Crippen molar-refractivity contribution in [3.8, 4) is 0 Å². The summed E-state index contributed by atoms with van der Waals surface area (Å²) in [5, 5.41) is 0. The second kappa shape index (κ2) is 4.56. The first-order chi connectivity index (χ1) is 5.69. The normalized spacial score (nSPS) is 13.5. The summed E-state index contributed by atoms with van der Waals surface area (Å²) in [5.41, 5.74) is 2.17. The molecule has 9 heteroatoms. The summed E-state index contributed by atoms with van der Waals surface area (Å²) < 4.78 is 43.9. The molecule has 0 saturated carbocycles. The van der Waals surface area contributed by atoms with Gasteiger partial charge in [-0.3, -0.25) is 0 Å². The summed E-state index contributed by atoms with van der Waals surface area (Å²) in [4.78, 5) is 0. The lowest BCUT2D eigenvalue weighted by atomic mass is 10.8. The Labute approximate surface area is 82.9 Å². The number of hydrogen-bond acceptors (Lipinski definition) is 5. The molecule has 0 aromatic rings. The monoisotopic (exact) mass is 250 g/mol. The highest BCUT2D eigenvalue weighted by Gasteiger charge is 2.25. The third-order valence-electron chi connectivity index (χ3n) is 0.938. The number of hydrogen-bond donors (Lipinski definition) is 1. The first-order valence-electron chi connectivity index (χ1n) is 3.19. The summed E-state index contributed by atoms with van der Waals surface area (Å²) in [5.74, 6) is 0.113. The van der Waals surface area contributed by atoms with Gasteiger partial charge in [-0.2, -0.15) is 0 Å². The maximum Gasteiger partial charge on any atom is 0.237 e. The van der Waals surface area contributed by atoms with E-state index >= 15 is 0 Å². The number of sulfonamides is 2. The van der Waals surface area contributed by atoms with Gasteiger partial charge in [0.25, 0.3) is 0 Å². The highest BCUT2D eigenvalue weighted by molar-refractivity contribution is 8.03. The van der Waals surface area contributed by atoms with Crippen molar-refractivity contribution in [3.05, 3.63) is 0 Å². The molecule has 0 amide bonds. The maximum absolute atomic E-state index is 10.9. The Balaban J connectivity index is 4.81. The molecule has 0 radical (unpaired) electrons. The van der Waals surface area contributed by atoms with Gasteiger partial charge >= 0.3 is 0 Å². The van der Waals surface area contributed by atoms with Crippen LogP contribution in [0.1, 0.15) is 0 Å². The van der Waals surface area contributed by atoms with Crippen molar-refractivity contribution in [2.45, 2.75) is 0 Å². The van der Waals surface area contributed by atoms with Gasteiger partial charge in [0.15, 0.2) is 0 Å². The summed E-state index contributed by atoms with van der Waals surface area (Å²) in [6, 6.07) is 0. The Morgan fingerprint density at radius 1 is 1.15 bits per heavy atom. The number of nitrogens with zero attached hydrogens (tertiary/aromatic N) is 1. The molecular weight excluding hydrogens is 240 g/mol. The fourth-order valence-corrected chi connectivity index (χ4v) is 3.32. The van der Waals surface area contributed by atoms with E-state index in [0.717, 1.165) is 12.5 Å². The summed E-state index contributed by atoms with van der Waals surface area (Å²) in [6.07, 6.45) is 1.57. The smallest absolute Gasteiger partial charge is 0.226 e. The van der Waals surface area contributed by atoms with Crippen molar-refractivity contribution >= 4 is 31.6 Å². The minimum atomic E-state index is -3.82. The van der Waals surface area contributed by atoms with E-state index in [-0.39, 0.29) is 16.2 Å². The molecular formula is C4H11ClN2O4S2. The zero-order chi connectivity index (χ0) is 10.7. The molecule has 0 unspecified atom stereocenters. The molecule has 0 aliphatic heterocycles. The second-order valence-corrected chi connectivity index (χ2v) is 6.59. The van der Waals surface area contributed by atoms with Gasteiger partial charge in [0.05, 0.1) is 12.5 Å². The van der Waals surface area contributed by atoms with Crippen molar-refractivity contribution < 1.29 is 16.8 Å². The predicted octanol–water partition coefficient (Wildman–Crippen LogP) is -1.05. The zero-order valence-electron chi connectivity index (χ0n) is 7.19. The number of rotatable bonds is 5. The first kappa shape index (κ1) is 13.1. The average molecular weight is 251 g/mol. The Bertz CT molecular complexity index is 316. The molecule has 0 aliphatic carbocycles. The van der Waals surface area contributed by atoms with E-state index in [1.165, 1.54) is 0 Å². The minimum absolute atomic E-state index is 0.0572. The van der Waals surface area contributed by atoms with Crippen molar-refractivity contribution in [3.63, 3.8) is 0 Å². The molecule has 0 rings (SSSR count). The van der Waals surface area contributed by atoms with E-state index in [2.05, 4.69) is 5.43 Å². The van der Waals surface area contributed by atoms with E-state index in [1.807, 2.05) is 0 Å². The van der Waals surface area contributed by atoms with Crippen molar-refractivity contribution in [1.82, 2.24) is 9.25 Å². The summed E-state index contributed by atoms with van der Waals surface area (Å²) in [7, 11) is -7.64. The van der Waals surface area contributed by atoms with Gasteiger partial charge in [-0.15, -0.1) is 11.6 Å². The van der Waals surface area contributed by atoms with E-state index in [9.17, 15) is 16.8 Å². The van der Waals surface area contributed by atoms with Crippen LogP contribution in [0.4, 0.5) is 0 Å². The number of nitrogens with one attached hydrogen (secondary N) is 1. The van der Waals surface area contributed by atoms with Crippen LogP contribution in [-0.4, -0.2) is 45.6 Å². The van der Waals surface area contributed by atoms with Gasteiger partial charge in [-0.05, 0) is 3.82 Å². The number of halogens is 1. The molecule has 0 aliphatic rings. The highest BCUT2D eigenvalue weighted by atomic mass is 35.5. The molecule has 0 aromatic heterocycles. The Hall–Kier alpha value is 0.110. The minimum Gasteiger partial charge on any atom is -0.226 e. The van der Waals surface area contributed by atoms with Crippen LogP contribution in [0, 0.1) is 0 Å². The lowest BCUT2D eigenvalue weighted by molar-refractivity contribution is 0.440. The van der Waals surface area contributed by atoms with Crippen molar-refractivity contribution in [1.29, 1.82) is 0 Å². The molecule has 0 spiro atoms. The van der Waals surface area contributed by atoms with Crippen LogP contribution >= 0.6 is 11.6 Å². The largest absolute Gasteiger partial charge is 0.237 e. The van der Waals surface area contributed by atoms with E-state index in [0.29, 0.717) is 0 Å². The standard InChI is InChI=1S/C4H11ClN2O4S2/c1-12(8,9)7(6-4-3-5)13(2,10)11/h6H,3-4H2,1-2H3. The van der Waals surface area contributed by atoms with Crippen LogP contribution in [0.15, 0.2) is 0 Å². The van der Waals surface area contributed by atoms with Crippen LogP contribution in [0.3, 0.4) is 0 Å². The fraction of sp³-hybridized carbons (Fsp3) is 1.00. The van der Waals surface area contributed by atoms with Crippen molar-refractivity contribution in [2.24, 2.45) is 0 Å². The SMILES string of the molecule is CS(=O)(=O)N(NCCCl)S(C)(=O)=O. The lowest BCUT2D eigenvalue weighted by Gasteiger charge is -2.17. The Morgan fingerprint density at radius 3 is 1.77 bits per heavy atom. The third-order valence-corrected chi connectivity index (χ3v) is 4.21. The fourth-order valence-electron chi connectivity index (χ4n) is 0.614. The number of hydrazine groups is 1. The Kier molecular flexibility index (Phi) is 4.60. The first-order valence-corrected chi connectivity index (χ1v) is 7.42. The average Bonchev–Trinajstić information content (AvgIpc) is 1.81. The molecule has 1 N–H and O–H groups in total. The van der Waals surface area contributed by atoms with Crippen LogP contribution < -0.4 is 5.43 Å². The quantitative estimate of drug-likeness (QED) is 0.497. The van der Waals surface area contributed by atoms with Gasteiger partial charge < -0.3 is 0 Å². The number of alkyl halides is 1. The molecule has 0 bridgehead atoms. The molecule has 0 saturated heterocycles. The van der Waals surface area contributed by atoms with E-state index < -0.39 is 20.0 Å². The van der Waals surface area contributed by atoms with E-state index in [1.54, 1.807) is 0 Å². The maximum atomic E-state index is 10.9. The van der Waals surface area contributed by atoms with Gasteiger partial charge in [-0.1, -0.05) is 0 Å². The van der Waals surface area contributed by atoms with Gasteiger partial charge in [-0.25, -0.2) is 22.3 Å². The lowest BCUT2D eigenvalue weighted by Crippen LogP contribution is -2.46. The molecule has 13 heavy (non-hydrogen) atoms. The van der Waals surface area contributed by atoms with Crippen molar-refractivity contribution in [2.75, 3.05) is 24.9 Å². The molecule has 0 heterocycles. The van der Waals surface area contributed by atoms with Crippen LogP contribution in [0.5, 0.6) is 0 Å². The summed E-state index contributed by atoms with van der Waals surface area (Å²) >= 11 is 5.27. The molecule has 0 atom stereocenters. The summed E-state index contributed by atoms with van der Waals surface area (Å²) in [6.45, 7) is 0.0572. The molecule has 0 aromatic carbocycles. The van der Waals surface area contributed by atoms with Gasteiger partial charge in [0.2, 0.25) is 20.0 Å². The topological polar surface area (TPSA) is 83.6 Å². The zero-order valence-corrected chi connectivity index (χ0v) is 9.58. The Morgan fingerprint density at radius 2 is 1.54 bits per heavy atom. The molecule has 6 nitrogen and oxygen atoms in total. The molecule has 80 valence electrons. The van der Waals surface area contributed by atoms with Gasteiger partial charge in [0.1, 0.15) is 0 Å². The van der Waals surface area contributed by atoms with Crippen LogP contribution in [0.25, 0.3) is 0 Å². The van der Waals surface area contributed by atoms with Gasteiger partial charge in [0, 0.05) is 12.4 Å². The van der Waals surface area contributed by atoms with Crippen LogP contribution in [-0.2, 0) is 20.0 Å². The molecule has 0 fully saturated rings. The highest BCUT2D eigenvalue weighted by Crippen LogP contribution is 1.99. The van der Waals surface area contributed by atoms with E-state index in [4.69, 9.17) is 11.6 Å². The third kappa shape index (κ3) is 4.77. The van der Waals surface area contributed by atoms with Crippen LogP contribution in [0.2, 0.25) is 0 Å². The predicted molar refractivity (Wildman–Crippen MR) is 50.2 cm³/mol.